The van der Waals surface area contributed by atoms with Crippen LogP contribution in [0.5, 0.6) is 5.75 Å². The summed E-state index contributed by atoms with van der Waals surface area (Å²) >= 11 is 1.37. The molecule has 0 atom stereocenters. The summed E-state index contributed by atoms with van der Waals surface area (Å²) in [4.78, 5) is 12.3. The first kappa shape index (κ1) is 21.9. The maximum Gasteiger partial charge on any atom is 0.234 e. The molecule has 1 N–H and O–H groups in total. The normalized spacial score (nSPS) is 11.0. The second-order valence-corrected chi connectivity index (χ2v) is 8.25. The van der Waals surface area contributed by atoms with Crippen LogP contribution in [0.15, 0.2) is 53.7 Å². The first-order valence-corrected chi connectivity index (χ1v) is 11.1. The third-order valence-electron chi connectivity index (χ3n) is 4.75. The van der Waals surface area contributed by atoms with Crippen molar-refractivity contribution in [2.24, 2.45) is 0 Å². The fourth-order valence-electron chi connectivity index (χ4n) is 2.99. The number of carbonyl (C=O) groups excluding carboxylic acids is 1. The van der Waals surface area contributed by atoms with Crippen LogP contribution < -0.4 is 10.1 Å². The second kappa shape index (κ2) is 10.3. The van der Waals surface area contributed by atoms with E-state index >= 15 is 0 Å². The van der Waals surface area contributed by atoms with Crippen molar-refractivity contribution in [3.63, 3.8) is 0 Å². The Morgan fingerprint density at radius 3 is 2.53 bits per heavy atom. The molecule has 3 aromatic rings. The molecule has 1 heterocycles. The van der Waals surface area contributed by atoms with E-state index in [1.807, 2.05) is 66.9 Å². The topological polar surface area (TPSA) is 69.0 Å². The Labute approximate surface area is 182 Å². The van der Waals surface area contributed by atoms with Gasteiger partial charge in [0, 0.05) is 12.2 Å². The standard InChI is InChI=1S/C23H28N4O2S/c1-5-27-21(14-29-20-9-7-6-8-17(20)4)25-26-23(27)30-15-22(28)24-19-12-10-18(11-13-19)16(2)3/h6-13,16H,5,14-15H2,1-4H3,(H,24,28). The number of aryl methyl sites for hydroxylation is 1. The Kier molecular flexibility index (Phi) is 7.52. The van der Waals surface area contributed by atoms with Crippen LogP contribution in [0.4, 0.5) is 5.69 Å². The van der Waals surface area contributed by atoms with Gasteiger partial charge in [-0.05, 0) is 49.1 Å². The molecule has 0 bridgehead atoms. The summed E-state index contributed by atoms with van der Waals surface area (Å²) in [5.41, 5.74) is 3.13. The van der Waals surface area contributed by atoms with Crippen LogP contribution in [-0.2, 0) is 17.9 Å². The third-order valence-corrected chi connectivity index (χ3v) is 5.72. The lowest BCUT2D eigenvalue weighted by Crippen LogP contribution is -2.15. The Balaban J connectivity index is 1.56. The highest BCUT2D eigenvalue weighted by Crippen LogP contribution is 2.21. The number of ether oxygens (including phenoxy) is 1. The number of carbonyl (C=O) groups is 1. The van der Waals surface area contributed by atoms with Crippen molar-refractivity contribution in [2.45, 2.75) is 51.9 Å². The number of nitrogens with one attached hydrogen (secondary N) is 1. The van der Waals surface area contributed by atoms with E-state index in [-0.39, 0.29) is 11.7 Å². The first-order valence-electron chi connectivity index (χ1n) is 10.1. The molecule has 0 spiro atoms. The number of aromatic nitrogens is 3. The lowest BCUT2D eigenvalue weighted by atomic mass is 10.0. The predicted molar refractivity (Wildman–Crippen MR) is 121 cm³/mol. The molecule has 0 aliphatic rings. The highest BCUT2D eigenvalue weighted by molar-refractivity contribution is 7.99. The number of thioether (sulfide) groups is 1. The van der Waals surface area contributed by atoms with Gasteiger partial charge in [0.15, 0.2) is 11.0 Å². The largest absolute Gasteiger partial charge is 0.485 e. The van der Waals surface area contributed by atoms with Gasteiger partial charge in [0.25, 0.3) is 0 Å². The number of para-hydroxylation sites is 1. The van der Waals surface area contributed by atoms with Gasteiger partial charge in [-0.2, -0.15) is 0 Å². The van der Waals surface area contributed by atoms with Crippen LogP contribution in [-0.4, -0.2) is 26.4 Å². The summed E-state index contributed by atoms with van der Waals surface area (Å²) in [6.07, 6.45) is 0. The molecule has 0 aliphatic heterocycles. The van der Waals surface area contributed by atoms with Crippen molar-refractivity contribution in [1.29, 1.82) is 0 Å². The van der Waals surface area contributed by atoms with Gasteiger partial charge in [-0.1, -0.05) is 55.9 Å². The molecule has 158 valence electrons. The summed E-state index contributed by atoms with van der Waals surface area (Å²) in [6, 6.07) is 15.8. The molecular formula is C23H28N4O2S. The Hall–Kier alpha value is -2.80. The van der Waals surface area contributed by atoms with E-state index < -0.39 is 0 Å². The van der Waals surface area contributed by atoms with Crippen LogP contribution in [0.1, 0.15) is 43.6 Å². The smallest absolute Gasteiger partial charge is 0.234 e. The molecule has 1 amide bonds. The Morgan fingerprint density at radius 2 is 1.87 bits per heavy atom. The lowest BCUT2D eigenvalue weighted by molar-refractivity contribution is -0.113. The van der Waals surface area contributed by atoms with E-state index in [0.717, 1.165) is 22.8 Å². The minimum Gasteiger partial charge on any atom is -0.485 e. The molecule has 3 rings (SSSR count). The molecule has 0 unspecified atom stereocenters. The van der Waals surface area contributed by atoms with Crippen molar-refractivity contribution in [2.75, 3.05) is 11.1 Å². The second-order valence-electron chi connectivity index (χ2n) is 7.31. The average molecular weight is 425 g/mol. The number of hydrogen-bond acceptors (Lipinski definition) is 5. The molecule has 30 heavy (non-hydrogen) atoms. The number of benzene rings is 2. The molecule has 2 aromatic carbocycles. The monoisotopic (exact) mass is 424 g/mol. The van der Waals surface area contributed by atoms with Crippen LogP contribution in [0.25, 0.3) is 0 Å². The van der Waals surface area contributed by atoms with Gasteiger partial charge in [-0.3, -0.25) is 4.79 Å². The van der Waals surface area contributed by atoms with Gasteiger partial charge in [0.1, 0.15) is 12.4 Å². The van der Waals surface area contributed by atoms with E-state index in [4.69, 9.17) is 4.74 Å². The van der Waals surface area contributed by atoms with Gasteiger partial charge in [-0.25, -0.2) is 0 Å². The SMILES string of the molecule is CCn1c(COc2ccccc2C)nnc1SCC(=O)Nc1ccc(C(C)C)cc1. The minimum absolute atomic E-state index is 0.0688. The number of hydrogen-bond donors (Lipinski definition) is 1. The summed E-state index contributed by atoms with van der Waals surface area (Å²) < 4.78 is 7.88. The van der Waals surface area contributed by atoms with Crippen molar-refractivity contribution >= 4 is 23.4 Å². The predicted octanol–water partition coefficient (Wildman–Crippen LogP) is 5.04. The molecule has 0 saturated heterocycles. The maximum atomic E-state index is 12.3. The summed E-state index contributed by atoms with van der Waals surface area (Å²) in [7, 11) is 0. The minimum atomic E-state index is -0.0688. The third kappa shape index (κ3) is 5.63. The fourth-order valence-corrected chi connectivity index (χ4v) is 3.81. The first-order chi connectivity index (χ1) is 14.5. The zero-order valence-corrected chi connectivity index (χ0v) is 18.7. The van der Waals surface area contributed by atoms with Gasteiger partial charge in [-0.15, -0.1) is 10.2 Å². The van der Waals surface area contributed by atoms with Crippen molar-refractivity contribution < 1.29 is 9.53 Å². The van der Waals surface area contributed by atoms with E-state index in [9.17, 15) is 4.79 Å². The molecule has 0 saturated carbocycles. The van der Waals surface area contributed by atoms with E-state index in [2.05, 4.69) is 29.4 Å². The average Bonchev–Trinajstić information content (AvgIpc) is 3.14. The Bertz CT molecular complexity index is 983. The van der Waals surface area contributed by atoms with Gasteiger partial charge in [0.2, 0.25) is 5.91 Å². The van der Waals surface area contributed by atoms with Crippen LogP contribution >= 0.6 is 11.8 Å². The van der Waals surface area contributed by atoms with E-state index in [1.54, 1.807) is 0 Å². The lowest BCUT2D eigenvalue weighted by Gasteiger charge is -2.10. The summed E-state index contributed by atoms with van der Waals surface area (Å²) in [5.74, 6) is 2.24. The summed E-state index contributed by atoms with van der Waals surface area (Å²) in [5, 5.41) is 12.2. The van der Waals surface area contributed by atoms with Gasteiger partial charge < -0.3 is 14.6 Å². The van der Waals surface area contributed by atoms with Crippen molar-refractivity contribution in [3.8, 4) is 5.75 Å². The summed E-state index contributed by atoms with van der Waals surface area (Å²) in [6.45, 7) is 9.38. The number of rotatable bonds is 9. The molecule has 0 radical (unpaired) electrons. The molecular weight excluding hydrogens is 396 g/mol. The van der Waals surface area contributed by atoms with Crippen molar-refractivity contribution in [3.05, 3.63) is 65.5 Å². The molecule has 6 nitrogen and oxygen atoms in total. The number of anilines is 1. The van der Waals surface area contributed by atoms with Gasteiger partial charge >= 0.3 is 0 Å². The Morgan fingerprint density at radius 1 is 1.13 bits per heavy atom. The molecule has 0 aliphatic carbocycles. The highest BCUT2D eigenvalue weighted by atomic mass is 32.2. The maximum absolute atomic E-state index is 12.3. The van der Waals surface area contributed by atoms with Gasteiger partial charge in [0.05, 0.1) is 5.75 Å². The highest BCUT2D eigenvalue weighted by Gasteiger charge is 2.14. The van der Waals surface area contributed by atoms with Crippen LogP contribution in [0.3, 0.4) is 0 Å². The molecule has 7 heteroatoms. The van der Waals surface area contributed by atoms with Crippen LogP contribution in [0, 0.1) is 6.92 Å². The fraction of sp³-hybridized carbons (Fsp3) is 0.348. The zero-order chi connectivity index (χ0) is 21.5. The van der Waals surface area contributed by atoms with E-state index in [1.165, 1.54) is 17.3 Å². The number of amides is 1. The van der Waals surface area contributed by atoms with Crippen molar-refractivity contribution in [1.82, 2.24) is 14.8 Å². The number of nitrogens with zero attached hydrogens (tertiary/aromatic N) is 3. The quantitative estimate of drug-likeness (QED) is 0.487. The zero-order valence-electron chi connectivity index (χ0n) is 17.9. The van der Waals surface area contributed by atoms with E-state index in [0.29, 0.717) is 24.2 Å². The molecule has 0 fully saturated rings. The molecule has 1 aromatic heterocycles. The van der Waals surface area contributed by atoms with Crippen LogP contribution in [0.2, 0.25) is 0 Å².